The van der Waals surface area contributed by atoms with Crippen molar-refractivity contribution in [2.75, 3.05) is 25.6 Å². The van der Waals surface area contributed by atoms with Crippen LogP contribution < -0.4 is 15.2 Å². The van der Waals surface area contributed by atoms with Gasteiger partial charge in [0, 0.05) is 31.3 Å². The molecule has 1 aliphatic carbocycles. The number of fused-ring (bicyclic) bond motifs is 1. The summed E-state index contributed by atoms with van der Waals surface area (Å²) in [5.74, 6) is -2.10. The molecule has 44 heavy (non-hydrogen) atoms. The third kappa shape index (κ3) is 5.77. The molecule has 1 fully saturated rings. The molecule has 0 bridgehead atoms. The van der Waals surface area contributed by atoms with Gasteiger partial charge < -0.3 is 19.9 Å². The van der Waals surface area contributed by atoms with Crippen LogP contribution in [0.3, 0.4) is 0 Å². The summed E-state index contributed by atoms with van der Waals surface area (Å²) in [6.07, 6.45) is 3.69. The third-order valence-electron chi connectivity index (χ3n) is 7.76. The van der Waals surface area contributed by atoms with Crippen LogP contribution in [-0.4, -0.2) is 46.8 Å². The lowest BCUT2D eigenvalue weighted by Crippen LogP contribution is -2.16. The predicted molar refractivity (Wildman–Crippen MR) is 154 cm³/mol. The summed E-state index contributed by atoms with van der Waals surface area (Å²) in [5, 5.41) is 4.30. The Morgan fingerprint density at radius 1 is 1.14 bits per heavy atom. The first kappa shape index (κ1) is 29.4. The lowest BCUT2D eigenvalue weighted by molar-refractivity contribution is 0.0755. The fraction of sp³-hybridized carbons (Fsp3) is 0.281. The van der Waals surface area contributed by atoms with Gasteiger partial charge in [-0.3, -0.25) is 4.79 Å². The van der Waals surface area contributed by atoms with E-state index in [1.807, 2.05) is 6.07 Å². The number of anilines is 1. The molecule has 2 N–H and O–H groups in total. The number of alkyl halides is 2. The number of aromatic nitrogens is 3. The number of benzene rings is 2. The van der Waals surface area contributed by atoms with Gasteiger partial charge >= 0.3 is 0 Å². The van der Waals surface area contributed by atoms with E-state index in [0.717, 1.165) is 41.7 Å². The average Bonchev–Trinajstić information content (AvgIpc) is 3.60. The van der Waals surface area contributed by atoms with Crippen molar-refractivity contribution in [3.63, 3.8) is 0 Å². The number of hydrogen-bond acceptors (Lipinski definition) is 7. The molecule has 8 nitrogen and oxygen atoms in total. The minimum absolute atomic E-state index is 0.0387. The number of carbonyl (C=O) groups is 1. The Bertz CT molecular complexity index is 1750. The van der Waals surface area contributed by atoms with Crippen LogP contribution in [0.25, 0.3) is 11.8 Å². The Labute approximate surface area is 250 Å². The Kier molecular flexibility index (Phi) is 8.09. The third-order valence-corrected chi connectivity index (χ3v) is 7.76. The van der Waals surface area contributed by atoms with Crippen LogP contribution >= 0.6 is 0 Å². The van der Waals surface area contributed by atoms with Crippen molar-refractivity contribution < 1.29 is 36.6 Å². The quantitative estimate of drug-likeness (QED) is 0.169. The first-order valence-corrected chi connectivity index (χ1v) is 14.0. The molecule has 4 aromatic rings. The Balaban J connectivity index is 1.24. The second-order valence-corrected chi connectivity index (χ2v) is 10.7. The Hall–Kier alpha value is -4.71. The lowest BCUT2D eigenvalue weighted by Gasteiger charge is -2.25. The number of carbonyl (C=O) groups excluding carboxylic acids is 1. The minimum Gasteiger partial charge on any atom is -0.487 e. The number of nitrogens with two attached hydrogens (primary N) is 1. The standard InChI is InChI=1S/C32H28F4N4O4/c1-17-9-29(44-31-24(33)3-2-4-25(31)34)38-15-26(17)40-32(37)23(14-39-40)30(41)21-10-19-12-22(18-5-7-42-8-6-18)27(13-20(19)11-21)43-16-28(35)36/h2-4,9,11-15,18,28H,5-8,10,16,37H2,1H3. The van der Waals surface area contributed by atoms with Crippen LogP contribution in [0.2, 0.25) is 0 Å². The van der Waals surface area contributed by atoms with E-state index >= 15 is 0 Å². The molecule has 0 atom stereocenters. The summed E-state index contributed by atoms with van der Waals surface area (Å²) in [4.78, 5) is 17.8. The first-order valence-electron chi connectivity index (χ1n) is 14.0. The van der Waals surface area contributed by atoms with E-state index in [4.69, 9.17) is 19.9 Å². The van der Waals surface area contributed by atoms with Gasteiger partial charge in [0.25, 0.3) is 6.43 Å². The molecule has 12 heteroatoms. The molecule has 0 spiro atoms. The second-order valence-electron chi connectivity index (χ2n) is 10.7. The number of para-hydroxylation sites is 1. The molecule has 0 amide bonds. The maximum atomic E-state index is 14.0. The van der Waals surface area contributed by atoms with Crippen molar-refractivity contribution in [3.05, 3.63) is 93.8 Å². The Morgan fingerprint density at radius 3 is 2.59 bits per heavy atom. The van der Waals surface area contributed by atoms with Crippen molar-refractivity contribution in [2.45, 2.75) is 38.5 Å². The molecule has 2 aliphatic rings. The van der Waals surface area contributed by atoms with Gasteiger partial charge in [-0.1, -0.05) is 12.1 Å². The van der Waals surface area contributed by atoms with E-state index in [9.17, 15) is 22.4 Å². The van der Waals surface area contributed by atoms with Gasteiger partial charge in [0.15, 0.2) is 17.4 Å². The number of pyridine rings is 1. The molecule has 2 aromatic heterocycles. The minimum atomic E-state index is -2.62. The van der Waals surface area contributed by atoms with E-state index in [1.54, 1.807) is 19.1 Å². The molecular formula is C32H28F4N4O4. The van der Waals surface area contributed by atoms with E-state index < -0.39 is 30.4 Å². The zero-order chi connectivity index (χ0) is 31.0. The highest BCUT2D eigenvalue weighted by molar-refractivity contribution is 6.15. The van der Waals surface area contributed by atoms with Crippen LogP contribution in [0.15, 0.2) is 54.4 Å². The second kappa shape index (κ2) is 12.1. The average molecular weight is 609 g/mol. The van der Waals surface area contributed by atoms with Gasteiger partial charge in [-0.05, 0) is 72.2 Å². The van der Waals surface area contributed by atoms with Crippen molar-refractivity contribution in [3.8, 4) is 23.1 Å². The molecule has 3 heterocycles. The number of rotatable bonds is 9. The van der Waals surface area contributed by atoms with Gasteiger partial charge in [0.05, 0.1) is 23.6 Å². The van der Waals surface area contributed by atoms with E-state index in [-0.39, 0.29) is 29.0 Å². The molecule has 0 unspecified atom stereocenters. The maximum absolute atomic E-state index is 14.0. The summed E-state index contributed by atoms with van der Waals surface area (Å²) >= 11 is 0. The van der Waals surface area contributed by atoms with Gasteiger partial charge in [0.2, 0.25) is 11.6 Å². The summed E-state index contributed by atoms with van der Waals surface area (Å²) in [6, 6.07) is 8.52. The number of Topliss-reactive ketones (excluding diaryl/α,β-unsaturated/α-hetero) is 1. The van der Waals surface area contributed by atoms with Gasteiger partial charge in [-0.15, -0.1) is 0 Å². The number of nitrogen functional groups attached to an aromatic ring is 1. The number of hydrogen-bond donors (Lipinski definition) is 1. The van der Waals surface area contributed by atoms with Crippen LogP contribution in [0.1, 0.15) is 51.4 Å². The Morgan fingerprint density at radius 2 is 1.89 bits per heavy atom. The maximum Gasteiger partial charge on any atom is 0.272 e. The topological polar surface area (TPSA) is 101 Å². The lowest BCUT2D eigenvalue weighted by atomic mass is 9.88. The highest BCUT2D eigenvalue weighted by Crippen LogP contribution is 2.40. The molecule has 228 valence electrons. The molecule has 2 aromatic carbocycles. The number of halogens is 4. The smallest absolute Gasteiger partial charge is 0.272 e. The molecule has 0 saturated carbocycles. The molecule has 0 radical (unpaired) electrons. The van der Waals surface area contributed by atoms with Gasteiger partial charge in [-0.2, -0.15) is 5.10 Å². The SMILES string of the molecule is Cc1cc(Oc2c(F)cccc2F)ncc1-n1ncc(C(=O)C2=Cc3cc(OCC(F)F)c(C4CCOCC4)cc3C2)c1N. The molecular weight excluding hydrogens is 580 g/mol. The van der Waals surface area contributed by atoms with Crippen LogP contribution in [0, 0.1) is 18.6 Å². The van der Waals surface area contributed by atoms with Crippen LogP contribution in [-0.2, 0) is 11.2 Å². The number of nitrogens with zero attached hydrogens (tertiary/aromatic N) is 3. The van der Waals surface area contributed by atoms with Crippen LogP contribution in [0.4, 0.5) is 23.4 Å². The summed E-state index contributed by atoms with van der Waals surface area (Å²) in [6.45, 7) is 2.15. The van der Waals surface area contributed by atoms with Crippen LogP contribution in [0.5, 0.6) is 17.4 Å². The fourth-order valence-electron chi connectivity index (χ4n) is 5.52. The number of allylic oxidation sites excluding steroid dienone is 1. The zero-order valence-electron chi connectivity index (χ0n) is 23.7. The molecule has 6 rings (SSSR count). The highest BCUT2D eigenvalue weighted by Gasteiger charge is 2.28. The summed E-state index contributed by atoms with van der Waals surface area (Å²) < 4.78 is 71.7. The monoisotopic (exact) mass is 608 g/mol. The highest BCUT2D eigenvalue weighted by atomic mass is 19.3. The normalized spacial score (nSPS) is 14.9. The number of ketones is 1. The summed E-state index contributed by atoms with van der Waals surface area (Å²) in [5.41, 5.74) is 10.5. The molecule has 1 saturated heterocycles. The summed E-state index contributed by atoms with van der Waals surface area (Å²) in [7, 11) is 0. The fourth-order valence-corrected chi connectivity index (χ4v) is 5.52. The largest absolute Gasteiger partial charge is 0.487 e. The van der Waals surface area contributed by atoms with E-state index in [0.29, 0.717) is 42.2 Å². The zero-order valence-corrected chi connectivity index (χ0v) is 23.7. The number of aryl methyl sites for hydroxylation is 1. The van der Waals surface area contributed by atoms with Crippen molar-refractivity contribution in [1.82, 2.24) is 14.8 Å². The predicted octanol–water partition coefficient (Wildman–Crippen LogP) is 6.59. The molecule has 1 aliphatic heterocycles. The van der Waals surface area contributed by atoms with E-state index in [1.165, 1.54) is 29.2 Å². The van der Waals surface area contributed by atoms with Gasteiger partial charge in [0.1, 0.15) is 18.2 Å². The van der Waals surface area contributed by atoms with Crippen molar-refractivity contribution in [1.29, 1.82) is 0 Å². The van der Waals surface area contributed by atoms with E-state index in [2.05, 4.69) is 10.1 Å². The number of ether oxygens (including phenoxy) is 3. The van der Waals surface area contributed by atoms with Crippen molar-refractivity contribution in [2.24, 2.45) is 0 Å². The van der Waals surface area contributed by atoms with Crippen molar-refractivity contribution >= 4 is 17.7 Å². The van der Waals surface area contributed by atoms with Gasteiger partial charge in [-0.25, -0.2) is 27.2 Å². The first-order chi connectivity index (χ1) is 21.2.